The van der Waals surface area contributed by atoms with Crippen LogP contribution in [0.1, 0.15) is 26.2 Å². The molecule has 6 nitrogen and oxygen atoms in total. The third-order valence-corrected chi connectivity index (χ3v) is 3.05. The Morgan fingerprint density at radius 3 is 2.43 bits per heavy atom. The summed E-state index contributed by atoms with van der Waals surface area (Å²) in [4.78, 5) is 34.4. The number of carboxylic acids is 1. The van der Waals surface area contributed by atoms with Gasteiger partial charge in [0.25, 0.3) is 0 Å². The second-order valence-corrected chi connectivity index (χ2v) is 4.99. The lowest BCUT2D eigenvalue weighted by molar-refractivity contribution is -0.151. The first kappa shape index (κ1) is 18.4. The average molecular weight is 320 g/mol. The number of esters is 2. The van der Waals surface area contributed by atoms with Crippen LogP contribution in [0, 0.1) is 5.92 Å². The Morgan fingerprint density at radius 1 is 1.22 bits per heavy atom. The summed E-state index contributed by atoms with van der Waals surface area (Å²) in [6.45, 7) is 5.01. The van der Waals surface area contributed by atoms with Gasteiger partial charge in [0.15, 0.2) is 0 Å². The zero-order valence-corrected chi connectivity index (χ0v) is 13.0. The summed E-state index contributed by atoms with van der Waals surface area (Å²) in [5.41, 5.74) is -0.0235. The minimum Gasteiger partial charge on any atom is -0.481 e. The van der Waals surface area contributed by atoms with Gasteiger partial charge in [-0.2, -0.15) is 0 Å². The van der Waals surface area contributed by atoms with Crippen molar-refractivity contribution in [3.63, 3.8) is 0 Å². The molecule has 0 spiro atoms. The van der Waals surface area contributed by atoms with Crippen molar-refractivity contribution >= 4 is 17.9 Å². The number of hydrogen-bond acceptors (Lipinski definition) is 5. The van der Waals surface area contributed by atoms with Crippen molar-refractivity contribution in [3.8, 4) is 5.75 Å². The molecule has 0 bridgehead atoms. The summed E-state index contributed by atoms with van der Waals surface area (Å²) in [5.74, 6) is -2.84. The third kappa shape index (κ3) is 6.78. The first-order chi connectivity index (χ1) is 10.9. The highest BCUT2D eigenvalue weighted by Gasteiger charge is 2.22. The number of hydrogen-bond donors (Lipinski definition) is 1. The van der Waals surface area contributed by atoms with E-state index in [1.165, 1.54) is 0 Å². The molecule has 0 saturated carbocycles. The Bertz CT molecular complexity index is 564. The van der Waals surface area contributed by atoms with Crippen LogP contribution in [0.3, 0.4) is 0 Å². The van der Waals surface area contributed by atoms with Gasteiger partial charge >= 0.3 is 17.9 Å². The molecule has 0 fully saturated rings. The van der Waals surface area contributed by atoms with E-state index in [1.807, 2.05) is 6.92 Å². The molecule has 0 aromatic heterocycles. The maximum Gasteiger partial charge on any atom is 0.342 e. The number of ether oxygens (including phenoxy) is 2. The lowest BCUT2D eigenvalue weighted by Gasteiger charge is -2.11. The largest absolute Gasteiger partial charge is 0.481 e. The maximum atomic E-state index is 11.8. The fourth-order valence-corrected chi connectivity index (χ4v) is 1.82. The molecule has 0 radical (unpaired) electrons. The number of carbonyl (C=O) groups is 3. The molecule has 1 atom stereocenters. The predicted molar refractivity (Wildman–Crippen MR) is 82.8 cm³/mol. The van der Waals surface area contributed by atoms with Gasteiger partial charge in [-0.1, -0.05) is 38.1 Å². The lowest BCUT2D eigenvalue weighted by Crippen LogP contribution is -2.21. The molecule has 23 heavy (non-hydrogen) atoms. The van der Waals surface area contributed by atoms with E-state index in [2.05, 4.69) is 6.58 Å². The summed E-state index contributed by atoms with van der Waals surface area (Å²) >= 11 is 0. The van der Waals surface area contributed by atoms with E-state index in [-0.39, 0.29) is 18.6 Å². The van der Waals surface area contributed by atoms with Gasteiger partial charge in [0.2, 0.25) is 0 Å². The van der Waals surface area contributed by atoms with Crippen LogP contribution in [0.15, 0.2) is 42.5 Å². The van der Waals surface area contributed by atoms with Gasteiger partial charge in [-0.3, -0.25) is 9.59 Å². The Morgan fingerprint density at radius 2 is 1.87 bits per heavy atom. The van der Waals surface area contributed by atoms with Crippen LogP contribution in [0.2, 0.25) is 0 Å². The molecule has 0 aliphatic heterocycles. The van der Waals surface area contributed by atoms with E-state index in [0.717, 1.165) is 0 Å². The smallest absolute Gasteiger partial charge is 0.342 e. The van der Waals surface area contributed by atoms with Crippen molar-refractivity contribution in [1.82, 2.24) is 0 Å². The van der Waals surface area contributed by atoms with E-state index >= 15 is 0 Å². The fraction of sp³-hybridized carbons (Fsp3) is 0.353. The Hall–Kier alpha value is -2.63. The van der Waals surface area contributed by atoms with Crippen molar-refractivity contribution in [2.24, 2.45) is 5.92 Å². The first-order valence-electron chi connectivity index (χ1n) is 7.27. The lowest BCUT2D eigenvalue weighted by atomic mass is 10.0. The van der Waals surface area contributed by atoms with Crippen molar-refractivity contribution < 1.29 is 29.0 Å². The minimum atomic E-state index is -1.04. The second kappa shape index (κ2) is 9.40. The summed E-state index contributed by atoms with van der Waals surface area (Å²) < 4.78 is 9.93. The molecular weight excluding hydrogens is 300 g/mol. The molecule has 1 aromatic rings. The van der Waals surface area contributed by atoms with Gasteiger partial charge in [0.1, 0.15) is 12.4 Å². The molecule has 1 aromatic carbocycles. The topological polar surface area (TPSA) is 89.9 Å². The molecule has 0 aliphatic rings. The summed E-state index contributed by atoms with van der Waals surface area (Å²) in [7, 11) is 0. The molecule has 1 rings (SSSR count). The van der Waals surface area contributed by atoms with Gasteiger partial charge in [-0.15, -0.1) is 0 Å². The van der Waals surface area contributed by atoms with E-state index < -0.39 is 23.8 Å². The van der Waals surface area contributed by atoms with E-state index in [0.29, 0.717) is 18.6 Å². The minimum absolute atomic E-state index is 0.0235. The van der Waals surface area contributed by atoms with E-state index in [9.17, 15) is 14.4 Å². The number of carboxylic acid groups (broad SMARTS) is 1. The van der Waals surface area contributed by atoms with Crippen LogP contribution in [0.25, 0.3) is 0 Å². The first-order valence-corrected chi connectivity index (χ1v) is 7.27. The molecular formula is C17H20O6. The monoisotopic (exact) mass is 320 g/mol. The predicted octanol–water partition coefficient (Wildman–Crippen LogP) is 2.58. The normalized spacial score (nSPS) is 11.3. The number of aliphatic carboxylic acids is 1. The van der Waals surface area contributed by atoms with E-state index in [4.69, 9.17) is 14.6 Å². The molecule has 0 heterocycles. The van der Waals surface area contributed by atoms with Crippen LogP contribution < -0.4 is 4.74 Å². The van der Waals surface area contributed by atoms with Crippen molar-refractivity contribution in [3.05, 3.63) is 42.5 Å². The number of benzene rings is 1. The molecule has 0 amide bonds. The van der Waals surface area contributed by atoms with Gasteiger partial charge in [-0.25, -0.2) is 4.79 Å². The standard InChI is InChI=1S/C17H20O6/c1-3-7-13(16(19)20)10-15(18)22-11-12(2)17(21)23-14-8-5-4-6-9-14/h4-6,8-9,13H,2-3,7,10-11H2,1H3,(H,19,20). The SMILES string of the molecule is C=C(COC(=O)CC(CCC)C(=O)O)C(=O)Oc1ccccc1. The van der Waals surface area contributed by atoms with Gasteiger partial charge < -0.3 is 14.6 Å². The van der Waals surface area contributed by atoms with Gasteiger partial charge in [0, 0.05) is 0 Å². The quantitative estimate of drug-likeness (QED) is 0.427. The van der Waals surface area contributed by atoms with Crippen LogP contribution >= 0.6 is 0 Å². The van der Waals surface area contributed by atoms with Gasteiger partial charge in [-0.05, 0) is 18.6 Å². The Balaban J connectivity index is 2.41. The molecule has 1 N–H and O–H groups in total. The molecule has 6 heteroatoms. The highest BCUT2D eigenvalue weighted by molar-refractivity contribution is 5.90. The summed E-state index contributed by atoms with van der Waals surface area (Å²) in [6.07, 6.45) is 0.811. The fourth-order valence-electron chi connectivity index (χ4n) is 1.82. The highest BCUT2D eigenvalue weighted by atomic mass is 16.5. The highest BCUT2D eigenvalue weighted by Crippen LogP contribution is 2.14. The Labute approximate surface area is 134 Å². The zero-order valence-electron chi connectivity index (χ0n) is 13.0. The average Bonchev–Trinajstić information content (AvgIpc) is 2.53. The van der Waals surface area contributed by atoms with Crippen LogP contribution in [0.4, 0.5) is 0 Å². The number of rotatable bonds is 9. The molecule has 0 aliphatic carbocycles. The summed E-state index contributed by atoms with van der Waals surface area (Å²) in [5, 5.41) is 8.98. The number of carbonyl (C=O) groups excluding carboxylic acids is 2. The van der Waals surface area contributed by atoms with Crippen LogP contribution in [-0.4, -0.2) is 29.6 Å². The van der Waals surface area contributed by atoms with Crippen molar-refractivity contribution in [1.29, 1.82) is 0 Å². The number of para-hydroxylation sites is 1. The molecule has 124 valence electrons. The second-order valence-electron chi connectivity index (χ2n) is 4.99. The van der Waals surface area contributed by atoms with Crippen molar-refractivity contribution in [2.75, 3.05) is 6.61 Å². The molecule has 1 unspecified atom stereocenters. The van der Waals surface area contributed by atoms with Gasteiger partial charge in [0.05, 0.1) is 17.9 Å². The van der Waals surface area contributed by atoms with E-state index in [1.54, 1.807) is 30.3 Å². The maximum absolute atomic E-state index is 11.8. The van der Waals surface area contributed by atoms with Crippen LogP contribution in [-0.2, 0) is 19.1 Å². The summed E-state index contributed by atoms with van der Waals surface area (Å²) in [6, 6.07) is 8.43. The zero-order chi connectivity index (χ0) is 17.2. The van der Waals surface area contributed by atoms with Crippen molar-refractivity contribution in [2.45, 2.75) is 26.2 Å². The third-order valence-electron chi connectivity index (χ3n) is 3.05. The molecule has 0 saturated heterocycles. The Kier molecular flexibility index (Phi) is 7.53. The van der Waals surface area contributed by atoms with Crippen LogP contribution in [0.5, 0.6) is 5.75 Å².